The minimum absolute atomic E-state index is 0.0232. The summed E-state index contributed by atoms with van der Waals surface area (Å²) in [5, 5.41) is 27.8. The molecule has 0 bridgehead atoms. The number of nitrogens with two attached hydrogens (primary N) is 2. The summed E-state index contributed by atoms with van der Waals surface area (Å²) in [7, 11) is 0. The van der Waals surface area contributed by atoms with Crippen LogP contribution in [0, 0.1) is 5.92 Å². The van der Waals surface area contributed by atoms with Gasteiger partial charge in [0.25, 0.3) is 17.7 Å². The topological polar surface area (TPSA) is 191 Å². The molecule has 0 fully saturated rings. The summed E-state index contributed by atoms with van der Waals surface area (Å²) in [5.41, 5.74) is 14.5. The molecule has 0 saturated carbocycles. The number of nitrogens with zero attached hydrogens (tertiary/aromatic N) is 2. The van der Waals surface area contributed by atoms with Gasteiger partial charge in [-0.2, -0.15) is 0 Å². The van der Waals surface area contributed by atoms with Gasteiger partial charge in [-0.15, -0.1) is 0 Å². The van der Waals surface area contributed by atoms with Gasteiger partial charge >= 0.3 is 0 Å². The van der Waals surface area contributed by atoms with Gasteiger partial charge in [-0.05, 0) is 90.0 Å². The maximum Gasteiger partial charge on any atom is 0.264 e. The molecule has 12 nitrogen and oxygen atoms in total. The van der Waals surface area contributed by atoms with Crippen molar-refractivity contribution in [2.45, 2.75) is 32.0 Å². The van der Waals surface area contributed by atoms with E-state index in [2.05, 4.69) is 10.6 Å². The molecule has 1 heterocycles. The highest BCUT2D eigenvalue weighted by Gasteiger charge is 2.52. The number of aliphatic hydroxyl groups is 2. The Hall–Kier alpha value is -6.76. The van der Waals surface area contributed by atoms with Gasteiger partial charge in [0.2, 0.25) is 5.91 Å². The Kier molecular flexibility index (Phi) is 11.9. The maximum atomic E-state index is 14.4. The Morgan fingerprint density at radius 2 is 1.38 bits per heavy atom. The molecule has 0 spiro atoms. The van der Waals surface area contributed by atoms with Crippen molar-refractivity contribution >= 4 is 52.1 Å². The predicted molar refractivity (Wildman–Crippen MR) is 217 cm³/mol. The van der Waals surface area contributed by atoms with Crippen LogP contribution < -0.4 is 27.0 Å². The molecule has 1 aliphatic heterocycles. The lowest BCUT2D eigenvalue weighted by atomic mass is 9.82. The van der Waals surface area contributed by atoms with E-state index in [4.69, 9.17) is 11.5 Å². The van der Waals surface area contributed by atoms with Crippen molar-refractivity contribution in [3.63, 3.8) is 0 Å². The summed E-state index contributed by atoms with van der Waals surface area (Å²) in [6.45, 7) is 2.02. The van der Waals surface area contributed by atoms with E-state index in [0.29, 0.717) is 51.7 Å². The average molecular weight is 753 g/mol. The van der Waals surface area contributed by atoms with Crippen molar-refractivity contribution in [3.05, 3.63) is 161 Å². The van der Waals surface area contributed by atoms with E-state index in [1.807, 2.05) is 36.4 Å². The number of aliphatic hydroxyl groups excluding tert-OH is 1. The zero-order valence-corrected chi connectivity index (χ0v) is 30.9. The third-order valence-electron chi connectivity index (χ3n) is 9.71. The Morgan fingerprint density at radius 3 is 1.98 bits per heavy atom. The van der Waals surface area contributed by atoms with E-state index >= 15 is 0 Å². The molecule has 4 amide bonds. The fourth-order valence-corrected chi connectivity index (χ4v) is 6.65. The molecule has 0 saturated heterocycles. The first-order chi connectivity index (χ1) is 27.0. The third-order valence-corrected chi connectivity index (χ3v) is 9.71. The molecule has 5 aromatic carbocycles. The largest absolute Gasteiger partial charge is 0.399 e. The number of nitrogen functional groups attached to an aromatic ring is 2. The average Bonchev–Trinajstić information content (AvgIpc) is 3.40. The SMILES string of the molecule is C[C@@H](/C=C/CC(=O)N(CCO)Cc1ccccc1)[C@]1(O)C(=O)N(Cc2cccc(NC(=O)c3ccc(N)cc3)c2)c2ccc(NC(=O)c3ccc(N)cc3)cc21. The van der Waals surface area contributed by atoms with Crippen LogP contribution >= 0.6 is 0 Å². The van der Waals surface area contributed by atoms with Gasteiger partial charge in [-0.3, -0.25) is 19.2 Å². The number of carbonyl (C=O) groups excluding carboxylic acids is 4. The van der Waals surface area contributed by atoms with E-state index in [0.717, 1.165) is 5.56 Å². The van der Waals surface area contributed by atoms with Crippen LogP contribution in [0.4, 0.5) is 28.4 Å². The van der Waals surface area contributed by atoms with Crippen LogP contribution in [0.3, 0.4) is 0 Å². The third kappa shape index (κ3) is 8.78. The molecule has 0 unspecified atom stereocenters. The molecule has 286 valence electrons. The molecule has 0 radical (unpaired) electrons. The molecular weight excluding hydrogens is 709 g/mol. The highest BCUT2D eigenvalue weighted by atomic mass is 16.3. The zero-order chi connectivity index (χ0) is 39.8. The van der Waals surface area contributed by atoms with Crippen LogP contribution in [0.2, 0.25) is 0 Å². The normalized spacial score (nSPS) is 15.3. The summed E-state index contributed by atoms with van der Waals surface area (Å²) in [4.78, 5) is 56.8. The first-order valence-electron chi connectivity index (χ1n) is 18.2. The molecule has 56 heavy (non-hydrogen) atoms. The van der Waals surface area contributed by atoms with Crippen LogP contribution in [-0.2, 0) is 28.3 Å². The smallest absolute Gasteiger partial charge is 0.264 e. The molecular formula is C44H44N6O6. The fourth-order valence-electron chi connectivity index (χ4n) is 6.65. The van der Waals surface area contributed by atoms with Gasteiger partial charge in [-0.1, -0.05) is 61.5 Å². The monoisotopic (exact) mass is 752 g/mol. The Bertz CT molecular complexity index is 2240. The lowest BCUT2D eigenvalue weighted by Gasteiger charge is -2.28. The van der Waals surface area contributed by atoms with Gasteiger partial charge in [-0.25, -0.2) is 0 Å². The predicted octanol–water partition coefficient (Wildman–Crippen LogP) is 5.69. The molecule has 5 aromatic rings. The standard InChI is InChI=1S/C44H44N6O6/c1-29(7-5-12-40(52)49(23-24-51)27-30-8-3-2-4-9-30)44(56)38-26-37(48-42(54)33-15-19-35(46)20-16-33)21-22-39(38)50(43(44)55)28-31-10-6-11-36(25-31)47-41(53)32-13-17-34(45)18-14-32/h2-11,13-22,25-26,29,51,56H,12,23-24,27-28,45-46H2,1H3,(H,47,53)(H,48,54)/b7-5+/t29-,44+/m0/s1. The number of amides is 4. The summed E-state index contributed by atoms with van der Waals surface area (Å²) < 4.78 is 0. The first kappa shape index (κ1) is 38.9. The van der Waals surface area contributed by atoms with Gasteiger partial charge in [0.05, 0.1) is 18.8 Å². The van der Waals surface area contributed by atoms with Crippen LogP contribution in [0.15, 0.2) is 133 Å². The van der Waals surface area contributed by atoms with Crippen LogP contribution in [-0.4, -0.2) is 51.9 Å². The van der Waals surface area contributed by atoms with Crippen molar-refractivity contribution in [3.8, 4) is 0 Å². The van der Waals surface area contributed by atoms with Gasteiger partial charge < -0.3 is 42.1 Å². The number of nitrogens with one attached hydrogen (secondary N) is 2. The van der Waals surface area contributed by atoms with Crippen molar-refractivity contribution in [2.75, 3.05) is 40.2 Å². The lowest BCUT2D eigenvalue weighted by molar-refractivity contribution is -0.139. The van der Waals surface area contributed by atoms with E-state index in [1.54, 1.807) is 109 Å². The van der Waals surface area contributed by atoms with E-state index in [-0.39, 0.29) is 43.5 Å². The molecule has 8 N–H and O–H groups in total. The summed E-state index contributed by atoms with van der Waals surface area (Å²) in [6.07, 6.45) is 3.23. The lowest BCUT2D eigenvalue weighted by Crippen LogP contribution is -2.44. The minimum atomic E-state index is -2.08. The van der Waals surface area contributed by atoms with E-state index in [1.165, 1.54) is 4.90 Å². The second-order valence-electron chi connectivity index (χ2n) is 13.7. The Balaban J connectivity index is 1.26. The highest BCUT2D eigenvalue weighted by Crippen LogP contribution is 2.47. The number of benzene rings is 5. The molecule has 2 atom stereocenters. The number of anilines is 5. The second kappa shape index (κ2) is 17.1. The molecule has 0 aromatic heterocycles. The van der Waals surface area contributed by atoms with Crippen molar-refractivity contribution in [1.82, 2.24) is 4.90 Å². The van der Waals surface area contributed by atoms with Gasteiger partial charge in [0.1, 0.15) is 0 Å². The van der Waals surface area contributed by atoms with Crippen LogP contribution in [0.25, 0.3) is 0 Å². The maximum absolute atomic E-state index is 14.4. The van der Waals surface area contributed by atoms with Crippen LogP contribution in [0.1, 0.15) is 50.8 Å². The van der Waals surface area contributed by atoms with Gasteiger partial charge in [0.15, 0.2) is 5.60 Å². The highest BCUT2D eigenvalue weighted by molar-refractivity contribution is 6.09. The number of hydrogen-bond acceptors (Lipinski definition) is 8. The number of carbonyl (C=O) groups is 4. The number of fused-ring (bicyclic) bond motifs is 1. The minimum Gasteiger partial charge on any atom is -0.399 e. The summed E-state index contributed by atoms with van der Waals surface area (Å²) in [5.74, 6) is -2.37. The quantitative estimate of drug-likeness (QED) is 0.0616. The van der Waals surface area contributed by atoms with E-state index in [9.17, 15) is 29.4 Å². The summed E-state index contributed by atoms with van der Waals surface area (Å²) >= 11 is 0. The number of rotatable bonds is 14. The molecule has 12 heteroatoms. The second-order valence-corrected chi connectivity index (χ2v) is 13.7. The van der Waals surface area contributed by atoms with Crippen LogP contribution in [0.5, 0.6) is 0 Å². The number of hydrogen-bond donors (Lipinski definition) is 6. The Labute approximate surface area is 325 Å². The Morgan fingerprint density at radius 1 is 0.786 bits per heavy atom. The molecule has 0 aliphatic carbocycles. The van der Waals surface area contributed by atoms with Crippen molar-refractivity contribution in [1.29, 1.82) is 0 Å². The molecule has 1 aliphatic rings. The first-order valence-corrected chi connectivity index (χ1v) is 18.2. The van der Waals surface area contributed by atoms with Crippen molar-refractivity contribution < 1.29 is 29.4 Å². The van der Waals surface area contributed by atoms with E-state index < -0.39 is 23.3 Å². The fraction of sp³-hybridized carbons (Fsp3) is 0.182. The van der Waals surface area contributed by atoms with Gasteiger partial charge in [0, 0.05) is 64.9 Å². The molecule has 6 rings (SSSR count). The van der Waals surface area contributed by atoms with Crippen molar-refractivity contribution in [2.24, 2.45) is 5.92 Å². The zero-order valence-electron chi connectivity index (χ0n) is 30.9. The summed E-state index contributed by atoms with van der Waals surface area (Å²) in [6, 6.07) is 34.4.